The van der Waals surface area contributed by atoms with Crippen LogP contribution in [0, 0.1) is 19.1 Å². The van der Waals surface area contributed by atoms with Crippen molar-refractivity contribution in [2.45, 2.75) is 13.8 Å². The van der Waals surface area contributed by atoms with Crippen LogP contribution in [0.15, 0.2) is 16.6 Å². The number of hydrogen-bond acceptors (Lipinski definition) is 3. The van der Waals surface area contributed by atoms with Crippen molar-refractivity contribution in [2.75, 3.05) is 5.23 Å². The van der Waals surface area contributed by atoms with E-state index in [1.54, 1.807) is 19.9 Å². The summed E-state index contributed by atoms with van der Waals surface area (Å²) in [7, 11) is 0. The minimum absolute atomic E-state index is 0.102. The van der Waals surface area contributed by atoms with E-state index in [1.807, 2.05) is 6.07 Å². The van der Waals surface area contributed by atoms with Crippen LogP contribution < -0.4 is 5.23 Å². The fraction of sp³-hybridized carbons (Fsp3) is 0.250. The van der Waals surface area contributed by atoms with Crippen LogP contribution in [0.4, 0.5) is 5.69 Å². The monoisotopic (exact) mass is 230 g/mol. The lowest BCUT2D eigenvalue weighted by molar-refractivity contribution is 0.295. The van der Waals surface area contributed by atoms with Gasteiger partial charge in [0.25, 0.3) is 0 Å². The Morgan fingerprint density at radius 1 is 1.42 bits per heavy atom. The molecule has 66 valence electrons. The molecule has 0 aliphatic carbocycles. The van der Waals surface area contributed by atoms with Gasteiger partial charge in [0.15, 0.2) is 0 Å². The molecular weight excluding hydrogens is 222 g/mol. The number of benzene rings is 1. The number of hydrogen-bond donors (Lipinski definition) is 1. The molecule has 12 heavy (non-hydrogen) atoms. The lowest BCUT2D eigenvalue weighted by Gasteiger charge is -2.26. The Bertz CT molecular complexity index is 299. The lowest BCUT2D eigenvalue weighted by Crippen LogP contribution is -2.10. The second-order valence-electron chi connectivity index (χ2n) is 2.61. The van der Waals surface area contributed by atoms with E-state index in [9.17, 15) is 5.21 Å². The second-order valence-corrected chi connectivity index (χ2v) is 3.47. The minimum atomic E-state index is -0.102. The Morgan fingerprint density at radius 2 is 2.00 bits per heavy atom. The van der Waals surface area contributed by atoms with E-state index in [0.29, 0.717) is 5.69 Å². The van der Waals surface area contributed by atoms with Gasteiger partial charge in [0, 0.05) is 4.47 Å². The fourth-order valence-electron chi connectivity index (χ4n) is 1.11. The Hall–Kier alpha value is -0.580. The molecular formula is C8H9BrNO2-. The van der Waals surface area contributed by atoms with Gasteiger partial charge in [-0.25, -0.2) is 0 Å². The molecule has 0 fully saturated rings. The van der Waals surface area contributed by atoms with E-state index in [-0.39, 0.29) is 5.23 Å². The zero-order valence-corrected chi connectivity index (χ0v) is 8.42. The van der Waals surface area contributed by atoms with Gasteiger partial charge in [-0.1, -0.05) is 22.0 Å². The van der Waals surface area contributed by atoms with Crippen molar-refractivity contribution in [3.05, 3.63) is 32.9 Å². The van der Waals surface area contributed by atoms with Crippen LogP contribution in [0.1, 0.15) is 11.1 Å². The first-order valence-electron chi connectivity index (χ1n) is 3.46. The van der Waals surface area contributed by atoms with Crippen LogP contribution in [0.5, 0.6) is 0 Å². The van der Waals surface area contributed by atoms with Crippen molar-refractivity contribution < 1.29 is 5.21 Å². The molecule has 0 bridgehead atoms. The molecule has 3 nitrogen and oxygen atoms in total. The summed E-state index contributed by atoms with van der Waals surface area (Å²) in [5.41, 5.74) is 1.81. The molecule has 0 aliphatic rings. The van der Waals surface area contributed by atoms with Crippen molar-refractivity contribution >= 4 is 21.6 Å². The van der Waals surface area contributed by atoms with E-state index < -0.39 is 0 Å². The van der Waals surface area contributed by atoms with Gasteiger partial charge in [-0.2, -0.15) is 0 Å². The average molecular weight is 231 g/mol. The summed E-state index contributed by atoms with van der Waals surface area (Å²) >= 11 is 3.27. The summed E-state index contributed by atoms with van der Waals surface area (Å²) in [6, 6.07) is 3.62. The van der Waals surface area contributed by atoms with Crippen LogP contribution in [0.25, 0.3) is 0 Å². The van der Waals surface area contributed by atoms with E-state index in [0.717, 1.165) is 15.6 Å². The molecule has 0 unspecified atom stereocenters. The van der Waals surface area contributed by atoms with Gasteiger partial charge in [0.1, 0.15) is 0 Å². The Balaban J connectivity index is 3.33. The van der Waals surface area contributed by atoms with Gasteiger partial charge < -0.3 is 10.4 Å². The molecule has 0 heterocycles. The van der Waals surface area contributed by atoms with Crippen molar-refractivity contribution in [3.8, 4) is 0 Å². The van der Waals surface area contributed by atoms with Crippen LogP contribution >= 0.6 is 15.9 Å². The summed E-state index contributed by atoms with van der Waals surface area (Å²) in [6.07, 6.45) is 0. The molecule has 0 saturated heterocycles. The van der Waals surface area contributed by atoms with Crippen molar-refractivity contribution in [2.24, 2.45) is 0 Å². The molecule has 1 N–H and O–H groups in total. The number of anilines is 1. The predicted octanol–water partition coefficient (Wildman–Crippen LogP) is 2.76. The van der Waals surface area contributed by atoms with Gasteiger partial charge in [0.05, 0.1) is 5.69 Å². The molecule has 0 spiro atoms. The number of aryl methyl sites for hydroxylation is 1. The standard InChI is InChI=1S/C8H9BrNO2/c1-5-3-4-7(9)6(2)8(5)10(11)12/h3-4,11H,1-2H3/q-1. The summed E-state index contributed by atoms with van der Waals surface area (Å²) < 4.78 is 0.818. The maximum absolute atomic E-state index is 10.7. The molecule has 0 aromatic heterocycles. The Morgan fingerprint density at radius 3 is 2.42 bits per heavy atom. The minimum Gasteiger partial charge on any atom is -0.733 e. The highest BCUT2D eigenvalue weighted by Gasteiger charge is 2.05. The molecule has 1 aromatic carbocycles. The van der Waals surface area contributed by atoms with Gasteiger partial charge in [-0.05, 0) is 31.0 Å². The van der Waals surface area contributed by atoms with Gasteiger partial charge >= 0.3 is 0 Å². The van der Waals surface area contributed by atoms with Gasteiger partial charge in [-0.15, -0.1) is 0 Å². The maximum Gasteiger partial charge on any atom is 0.0578 e. The van der Waals surface area contributed by atoms with Crippen molar-refractivity contribution in [1.29, 1.82) is 0 Å². The largest absolute Gasteiger partial charge is 0.733 e. The van der Waals surface area contributed by atoms with E-state index in [4.69, 9.17) is 5.21 Å². The third-order valence-electron chi connectivity index (χ3n) is 1.76. The lowest BCUT2D eigenvalue weighted by atomic mass is 10.1. The molecule has 4 heteroatoms. The first-order valence-corrected chi connectivity index (χ1v) is 4.25. The van der Waals surface area contributed by atoms with Gasteiger partial charge in [-0.3, -0.25) is 5.21 Å². The molecule has 0 saturated carbocycles. The third kappa shape index (κ3) is 1.60. The van der Waals surface area contributed by atoms with Crippen molar-refractivity contribution in [3.63, 3.8) is 0 Å². The number of nitrogens with zero attached hydrogens (tertiary/aromatic N) is 1. The molecule has 1 rings (SSSR count). The topological polar surface area (TPSA) is 46.5 Å². The summed E-state index contributed by atoms with van der Waals surface area (Å²) in [5.74, 6) is 0. The predicted molar refractivity (Wildman–Crippen MR) is 51.2 cm³/mol. The number of rotatable bonds is 1. The van der Waals surface area contributed by atoms with Crippen LogP contribution in [0.2, 0.25) is 0 Å². The second kappa shape index (κ2) is 3.43. The smallest absolute Gasteiger partial charge is 0.0578 e. The van der Waals surface area contributed by atoms with E-state index in [2.05, 4.69) is 15.9 Å². The zero-order valence-electron chi connectivity index (χ0n) is 6.84. The SMILES string of the molecule is Cc1ccc(Br)c(C)c1N([O-])O. The van der Waals surface area contributed by atoms with E-state index in [1.165, 1.54) is 0 Å². The summed E-state index contributed by atoms with van der Waals surface area (Å²) in [4.78, 5) is 0. The molecule has 0 aliphatic heterocycles. The first kappa shape index (κ1) is 9.51. The maximum atomic E-state index is 10.7. The van der Waals surface area contributed by atoms with Crippen molar-refractivity contribution in [1.82, 2.24) is 0 Å². The average Bonchev–Trinajstić information content (AvgIpc) is 1.97. The quantitative estimate of drug-likeness (QED) is 0.756. The van der Waals surface area contributed by atoms with E-state index >= 15 is 0 Å². The summed E-state index contributed by atoms with van der Waals surface area (Å²) in [6.45, 7) is 3.55. The third-order valence-corrected chi connectivity index (χ3v) is 2.62. The molecule has 0 amide bonds. The summed E-state index contributed by atoms with van der Waals surface area (Å²) in [5, 5.41) is 19.4. The van der Waals surface area contributed by atoms with Gasteiger partial charge in [0.2, 0.25) is 0 Å². The normalized spacial score (nSPS) is 10.1. The highest BCUT2D eigenvalue weighted by Crippen LogP contribution is 2.29. The Labute approximate surface area is 79.3 Å². The van der Waals surface area contributed by atoms with Crippen LogP contribution in [0.3, 0.4) is 0 Å². The molecule has 0 atom stereocenters. The fourth-order valence-corrected chi connectivity index (χ4v) is 1.43. The first-order chi connectivity index (χ1) is 5.54. The molecule has 1 aromatic rings. The highest BCUT2D eigenvalue weighted by atomic mass is 79.9. The molecule has 0 radical (unpaired) electrons. The van der Waals surface area contributed by atoms with Crippen LogP contribution in [-0.2, 0) is 0 Å². The van der Waals surface area contributed by atoms with Crippen LogP contribution in [-0.4, -0.2) is 5.21 Å². The Kier molecular flexibility index (Phi) is 2.72. The zero-order chi connectivity index (χ0) is 9.30. The highest BCUT2D eigenvalue weighted by molar-refractivity contribution is 9.10. The number of halogens is 1.